The SMILES string of the molecule is CSc1ccccc1C(=O)NC(C)c1ccc2c(c1)OCCO2. The summed E-state index contributed by atoms with van der Waals surface area (Å²) in [5.41, 5.74) is 1.69. The van der Waals surface area contributed by atoms with Gasteiger partial charge in [-0.05, 0) is 43.0 Å². The van der Waals surface area contributed by atoms with Crippen molar-refractivity contribution < 1.29 is 14.3 Å². The van der Waals surface area contributed by atoms with Gasteiger partial charge in [0, 0.05) is 4.90 Å². The molecule has 5 heteroatoms. The van der Waals surface area contributed by atoms with Crippen molar-refractivity contribution in [2.45, 2.75) is 17.9 Å². The summed E-state index contributed by atoms with van der Waals surface area (Å²) in [5.74, 6) is 1.42. The molecule has 1 aliphatic rings. The highest BCUT2D eigenvalue weighted by Crippen LogP contribution is 2.32. The molecule has 120 valence electrons. The zero-order valence-electron chi connectivity index (χ0n) is 13.2. The molecule has 1 atom stereocenters. The van der Waals surface area contributed by atoms with E-state index in [-0.39, 0.29) is 11.9 Å². The molecule has 1 aliphatic heterocycles. The first-order chi connectivity index (χ1) is 11.2. The Morgan fingerprint density at radius 2 is 1.87 bits per heavy atom. The number of thioether (sulfide) groups is 1. The minimum Gasteiger partial charge on any atom is -0.486 e. The summed E-state index contributed by atoms with van der Waals surface area (Å²) in [5, 5.41) is 3.05. The summed E-state index contributed by atoms with van der Waals surface area (Å²) in [6.45, 7) is 3.09. The lowest BCUT2D eigenvalue weighted by Crippen LogP contribution is -2.27. The Morgan fingerprint density at radius 3 is 2.65 bits per heavy atom. The molecule has 0 saturated heterocycles. The number of carbonyl (C=O) groups excluding carboxylic acids is 1. The molecule has 4 nitrogen and oxygen atoms in total. The maximum atomic E-state index is 12.5. The van der Waals surface area contributed by atoms with Gasteiger partial charge in [0.2, 0.25) is 0 Å². The summed E-state index contributed by atoms with van der Waals surface area (Å²) >= 11 is 1.57. The van der Waals surface area contributed by atoms with Gasteiger partial charge in [0.05, 0.1) is 11.6 Å². The van der Waals surface area contributed by atoms with E-state index in [1.807, 2.05) is 55.6 Å². The quantitative estimate of drug-likeness (QED) is 0.870. The second kappa shape index (κ2) is 6.96. The van der Waals surface area contributed by atoms with Gasteiger partial charge >= 0.3 is 0 Å². The van der Waals surface area contributed by atoms with E-state index in [4.69, 9.17) is 9.47 Å². The van der Waals surface area contributed by atoms with E-state index in [2.05, 4.69) is 5.32 Å². The normalized spacial score (nSPS) is 14.2. The third-order valence-electron chi connectivity index (χ3n) is 3.77. The van der Waals surface area contributed by atoms with Gasteiger partial charge in [0.25, 0.3) is 5.91 Å². The van der Waals surface area contributed by atoms with Crippen LogP contribution >= 0.6 is 11.8 Å². The fourth-order valence-electron chi connectivity index (χ4n) is 2.52. The monoisotopic (exact) mass is 329 g/mol. The van der Waals surface area contributed by atoms with Crippen molar-refractivity contribution in [2.75, 3.05) is 19.5 Å². The average molecular weight is 329 g/mol. The van der Waals surface area contributed by atoms with Gasteiger partial charge in [-0.25, -0.2) is 0 Å². The first-order valence-corrected chi connectivity index (χ1v) is 8.75. The molecule has 2 aromatic carbocycles. The number of hydrogen-bond donors (Lipinski definition) is 1. The van der Waals surface area contributed by atoms with E-state index in [1.54, 1.807) is 11.8 Å². The van der Waals surface area contributed by atoms with Crippen LogP contribution in [0.4, 0.5) is 0 Å². The molecular formula is C18H19NO3S. The van der Waals surface area contributed by atoms with Crippen molar-refractivity contribution in [3.8, 4) is 11.5 Å². The van der Waals surface area contributed by atoms with Gasteiger partial charge < -0.3 is 14.8 Å². The van der Waals surface area contributed by atoms with Crippen LogP contribution in [0.3, 0.4) is 0 Å². The van der Waals surface area contributed by atoms with Gasteiger partial charge in [-0.1, -0.05) is 18.2 Å². The molecule has 1 N–H and O–H groups in total. The van der Waals surface area contributed by atoms with E-state index < -0.39 is 0 Å². The minimum atomic E-state index is -0.117. The molecule has 0 bridgehead atoms. The Hall–Kier alpha value is -2.14. The second-order valence-electron chi connectivity index (χ2n) is 5.30. The molecule has 1 amide bonds. The molecule has 23 heavy (non-hydrogen) atoms. The van der Waals surface area contributed by atoms with Crippen LogP contribution in [0.1, 0.15) is 28.9 Å². The van der Waals surface area contributed by atoms with Crippen molar-refractivity contribution in [1.29, 1.82) is 0 Å². The molecule has 0 spiro atoms. The Bertz CT molecular complexity index is 717. The van der Waals surface area contributed by atoms with E-state index in [0.29, 0.717) is 18.8 Å². The Balaban J connectivity index is 1.76. The lowest BCUT2D eigenvalue weighted by Gasteiger charge is -2.21. The van der Waals surface area contributed by atoms with E-state index >= 15 is 0 Å². The summed E-state index contributed by atoms with van der Waals surface area (Å²) in [6.07, 6.45) is 1.97. The van der Waals surface area contributed by atoms with Gasteiger partial charge in [-0.15, -0.1) is 11.8 Å². The summed E-state index contributed by atoms with van der Waals surface area (Å²) in [4.78, 5) is 13.5. The third kappa shape index (κ3) is 3.45. The van der Waals surface area contributed by atoms with Crippen molar-refractivity contribution in [1.82, 2.24) is 5.32 Å². The Morgan fingerprint density at radius 1 is 1.13 bits per heavy atom. The first-order valence-electron chi connectivity index (χ1n) is 7.52. The van der Waals surface area contributed by atoms with Gasteiger partial charge in [0.1, 0.15) is 13.2 Å². The second-order valence-corrected chi connectivity index (χ2v) is 6.15. The largest absolute Gasteiger partial charge is 0.486 e. The first kappa shape index (κ1) is 15.7. The number of carbonyl (C=O) groups is 1. The van der Waals surface area contributed by atoms with Crippen LogP contribution in [-0.4, -0.2) is 25.4 Å². The fourth-order valence-corrected chi connectivity index (χ4v) is 3.11. The molecular weight excluding hydrogens is 310 g/mol. The summed E-state index contributed by atoms with van der Waals surface area (Å²) < 4.78 is 11.1. The maximum absolute atomic E-state index is 12.5. The van der Waals surface area contributed by atoms with E-state index in [0.717, 1.165) is 22.0 Å². The van der Waals surface area contributed by atoms with Crippen LogP contribution in [0.15, 0.2) is 47.4 Å². The lowest BCUT2D eigenvalue weighted by atomic mass is 10.1. The van der Waals surface area contributed by atoms with Gasteiger partial charge in [-0.2, -0.15) is 0 Å². The number of nitrogens with one attached hydrogen (secondary N) is 1. The highest BCUT2D eigenvalue weighted by Gasteiger charge is 2.17. The highest BCUT2D eigenvalue weighted by atomic mass is 32.2. The molecule has 0 radical (unpaired) electrons. The zero-order chi connectivity index (χ0) is 16.2. The fraction of sp³-hybridized carbons (Fsp3) is 0.278. The molecule has 0 aliphatic carbocycles. The standard InChI is InChI=1S/C18H19NO3S/c1-12(13-7-8-15-16(11-13)22-10-9-21-15)19-18(20)14-5-3-4-6-17(14)23-2/h3-8,11-12H,9-10H2,1-2H3,(H,19,20). The minimum absolute atomic E-state index is 0.0719. The van der Waals surface area contributed by atoms with Crippen LogP contribution in [0.5, 0.6) is 11.5 Å². The average Bonchev–Trinajstić information content (AvgIpc) is 2.61. The van der Waals surface area contributed by atoms with Gasteiger partial charge in [-0.3, -0.25) is 4.79 Å². The van der Waals surface area contributed by atoms with Crippen molar-refractivity contribution in [3.05, 3.63) is 53.6 Å². The molecule has 0 fully saturated rings. The maximum Gasteiger partial charge on any atom is 0.252 e. The summed E-state index contributed by atoms with van der Waals surface area (Å²) in [6, 6.07) is 13.3. The highest BCUT2D eigenvalue weighted by molar-refractivity contribution is 7.98. The number of hydrogen-bond acceptors (Lipinski definition) is 4. The Labute approximate surface area is 140 Å². The van der Waals surface area contributed by atoms with E-state index in [9.17, 15) is 4.79 Å². The number of amides is 1. The van der Waals surface area contributed by atoms with Crippen LogP contribution in [-0.2, 0) is 0 Å². The number of rotatable bonds is 4. The van der Waals surface area contributed by atoms with Crippen LogP contribution < -0.4 is 14.8 Å². The molecule has 1 heterocycles. The Kier molecular flexibility index (Phi) is 4.76. The molecule has 3 rings (SSSR count). The third-order valence-corrected chi connectivity index (χ3v) is 4.56. The predicted octanol–water partition coefficient (Wildman–Crippen LogP) is 3.67. The van der Waals surface area contributed by atoms with Crippen molar-refractivity contribution >= 4 is 17.7 Å². The van der Waals surface area contributed by atoms with Crippen molar-refractivity contribution in [2.24, 2.45) is 0 Å². The molecule has 2 aromatic rings. The van der Waals surface area contributed by atoms with Gasteiger partial charge in [0.15, 0.2) is 11.5 Å². The number of ether oxygens (including phenoxy) is 2. The molecule has 1 unspecified atom stereocenters. The predicted molar refractivity (Wildman–Crippen MR) is 91.5 cm³/mol. The number of fused-ring (bicyclic) bond motifs is 1. The van der Waals surface area contributed by atoms with E-state index in [1.165, 1.54) is 0 Å². The van der Waals surface area contributed by atoms with Crippen molar-refractivity contribution in [3.63, 3.8) is 0 Å². The summed E-state index contributed by atoms with van der Waals surface area (Å²) in [7, 11) is 0. The lowest BCUT2D eigenvalue weighted by molar-refractivity contribution is 0.0936. The zero-order valence-corrected chi connectivity index (χ0v) is 14.0. The van der Waals surface area contributed by atoms with Crippen LogP contribution in [0.25, 0.3) is 0 Å². The molecule has 0 aromatic heterocycles. The smallest absolute Gasteiger partial charge is 0.252 e. The topological polar surface area (TPSA) is 47.6 Å². The number of benzene rings is 2. The molecule has 0 saturated carbocycles. The van der Waals surface area contributed by atoms with Crippen LogP contribution in [0, 0.1) is 0 Å². The van der Waals surface area contributed by atoms with Crippen LogP contribution in [0.2, 0.25) is 0 Å².